The normalized spacial score (nSPS) is 13.9. The van der Waals surface area contributed by atoms with Gasteiger partial charge in [-0.2, -0.15) is 0 Å². The van der Waals surface area contributed by atoms with Crippen molar-refractivity contribution in [2.45, 2.75) is 58.8 Å². The van der Waals surface area contributed by atoms with Crippen molar-refractivity contribution in [2.75, 3.05) is 0 Å². The molecule has 3 aromatic carbocycles. The summed E-state index contributed by atoms with van der Waals surface area (Å²) in [5, 5.41) is 13.6. The minimum atomic E-state index is -1.34. The summed E-state index contributed by atoms with van der Waals surface area (Å²) in [6.07, 6.45) is 2.52. The number of ketones is 1. The Hall–Kier alpha value is -3.49. The Kier molecular flexibility index (Phi) is 7.76. The number of halogens is 1. The van der Waals surface area contributed by atoms with Crippen molar-refractivity contribution < 1.29 is 14.6 Å². The van der Waals surface area contributed by atoms with E-state index in [-0.39, 0.29) is 5.78 Å². The zero-order valence-corrected chi connectivity index (χ0v) is 23.4. The summed E-state index contributed by atoms with van der Waals surface area (Å²) in [5.41, 5.74) is 3.18. The quantitative estimate of drug-likeness (QED) is 0.273. The van der Waals surface area contributed by atoms with E-state index in [1.165, 1.54) is 0 Å². The third-order valence-corrected chi connectivity index (χ3v) is 6.57. The second-order valence-corrected chi connectivity index (χ2v) is 11.1. The van der Waals surface area contributed by atoms with Crippen LogP contribution in [0.1, 0.15) is 63.0 Å². The predicted octanol–water partition coefficient (Wildman–Crippen LogP) is 7.57. The van der Waals surface area contributed by atoms with Crippen LogP contribution in [0.5, 0.6) is 0 Å². The van der Waals surface area contributed by atoms with E-state index in [0.29, 0.717) is 10.6 Å². The average Bonchev–Trinajstić information content (AvgIpc) is 2.86. The van der Waals surface area contributed by atoms with E-state index < -0.39 is 17.3 Å². The van der Waals surface area contributed by atoms with Gasteiger partial charge in [-0.15, -0.1) is 0 Å². The summed E-state index contributed by atoms with van der Waals surface area (Å²) in [4.78, 5) is 17.0. The Bertz CT molecular complexity index is 1540. The lowest BCUT2D eigenvalue weighted by Gasteiger charge is -2.29. The minimum absolute atomic E-state index is 0.0677. The molecule has 1 N–H and O–H groups in total. The fourth-order valence-electron chi connectivity index (χ4n) is 4.54. The van der Waals surface area contributed by atoms with Crippen LogP contribution in [0.15, 0.2) is 73.1 Å². The fourth-order valence-corrected chi connectivity index (χ4v) is 4.66. The topological polar surface area (TPSA) is 59.4 Å². The Labute approximate surface area is 229 Å². The summed E-state index contributed by atoms with van der Waals surface area (Å²) >= 11 is 6.22. The highest BCUT2D eigenvalue weighted by Gasteiger charge is 2.29. The maximum Gasteiger partial charge on any atom is 0.163 e. The van der Waals surface area contributed by atoms with Crippen molar-refractivity contribution >= 4 is 28.2 Å². The molecule has 0 amide bonds. The zero-order valence-electron chi connectivity index (χ0n) is 22.6. The molecule has 4 aromatic rings. The average molecular weight is 526 g/mol. The summed E-state index contributed by atoms with van der Waals surface area (Å²) in [5.74, 6) is 6.08. The van der Waals surface area contributed by atoms with Crippen LogP contribution in [0.3, 0.4) is 0 Å². The van der Waals surface area contributed by atoms with E-state index in [4.69, 9.17) is 16.3 Å². The molecule has 38 heavy (non-hydrogen) atoms. The second kappa shape index (κ2) is 10.7. The molecule has 0 spiro atoms. The lowest BCUT2D eigenvalue weighted by Crippen LogP contribution is -2.27. The number of hydrogen-bond acceptors (Lipinski definition) is 4. The van der Waals surface area contributed by atoms with Gasteiger partial charge in [-0.1, -0.05) is 47.7 Å². The number of pyridine rings is 1. The largest absolute Gasteiger partial charge is 0.374 e. The molecule has 4 rings (SSSR count). The first kappa shape index (κ1) is 27.5. The molecule has 1 aromatic heterocycles. The van der Waals surface area contributed by atoms with Gasteiger partial charge < -0.3 is 9.84 Å². The van der Waals surface area contributed by atoms with Gasteiger partial charge in [-0.3, -0.25) is 9.78 Å². The molecule has 0 saturated heterocycles. The molecule has 0 radical (unpaired) electrons. The van der Waals surface area contributed by atoms with Crippen LogP contribution in [0, 0.1) is 18.8 Å². The molecular formula is C33H32ClNO3. The maximum absolute atomic E-state index is 13.0. The number of hydrogen-bond donors (Lipinski definition) is 1. The SMILES string of the molecule is CC(=O)C(OC(C)(C)C)c1c(C)cc2ccc(C#CC(C)(O)c3ccncc3)cc2c1-c1ccc(Cl)cc1. The zero-order chi connectivity index (χ0) is 27.7. The van der Waals surface area contributed by atoms with Crippen LogP contribution in [-0.2, 0) is 15.1 Å². The van der Waals surface area contributed by atoms with E-state index >= 15 is 0 Å². The van der Waals surface area contributed by atoms with E-state index in [9.17, 15) is 9.90 Å². The molecule has 2 atom stereocenters. The molecular weight excluding hydrogens is 494 g/mol. The molecule has 0 bridgehead atoms. The Morgan fingerprint density at radius 2 is 1.66 bits per heavy atom. The van der Waals surface area contributed by atoms with Crippen LogP contribution < -0.4 is 0 Å². The van der Waals surface area contributed by atoms with E-state index in [1.54, 1.807) is 38.4 Å². The van der Waals surface area contributed by atoms with Crippen molar-refractivity contribution in [3.63, 3.8) is 0 Å². The highest BCUT2D eigenvalue weighted by molar-refractivity contribution is 6.30. The molecule has 0 aliphatic heterocycles. The Morgan fingerprint density at radius 1 is 1.00 bits per heavy atom. The van der Waals surface area contributed by atoms with Crippen LogP contribution in [-0.4, -0.2) is 21.5 Å². The third-order valence-electron chi connectivity index (χ3n) is 6.32. The van der Waals surface area contributed by atoms with Gasteiger partial charge in [-0.25, -0.2) is 0 Å². The molecule has 0 fully saturated rings. The smallest absolute Gasteiger partial charge is 0.163 e. The Morgan fingerprint density at radius 3 is 2.26 bits per heavy atom. The number of benzene rings is 3. The van der Waals surface area contributed by atoms with Crippen molar-refractivity contribution in [1.29, 1.82) is 0 Å². The molecule has 2 unspecified atom stereocenters. The van der Waals surface area contributed by atoms with Gasteiger partial charge in [0.2, 0.25) is 0 Å². The molecule has 0 aliphatic rings. The molecule has 4 nitrogen and oxygen atoms in total. The van der Waals surface area contributed by atoms with Gasteiger partial charge in [0.15, 0.2) is 5.78 Å². The van der Waals surface area contributed by atoms with Crippen LogP contribution >= 0.6 is 11.6 Å². The van der Waals surface area contributed by atoms with Crippen molar-refractivity contribution in [3.8, 4) is 23.0 Å². The Balaban J connectivity index is 1.96. The highest BCUT2D eigenvalue weighted by atomic mass is 35.5. The summed E-state index contributed by atoms with van der Waals surface area (Å²) in [7, 11) is 0. The molecule has 0 aliphatic carbocycles. The lowest BCUT2D eigenvalue weighted by molar-refractivity contribution is -0.138. The van der Waals surface area contributed by atoms with Crippen LogP contribution in [0.25, 0.3) is 21.9 Å². The first-order valence-electron chi connectivity index (χ1n) is 12.5. The van der Waals surface area contributed by atoms with Gasteiger partial charge in [0.05, 0.1) is 5.60 Å². The van der Waals surface area contributed by atoms with Gasteiger partial charge in [-0.05, 0) is 117 Å². The number of carbonyl (C=O) groups is 1. The number of aliphatic hydroxyl groups is 1. The number of aromatic nitrogens is 1. The van der Waals surface area contributed by atoms with Gasteiger partial charge in [0, 0.05) is 23.0 Å². The van der Waals surface area contributed by atoms with E-state index in [0.717, 1.165) is 38.6 Å². The number of fused-ring (bicyclic) bond motifs is 1. The molecule has 0 saturated carbocycles. The number of Topliss-reactive ketones (excluding diaryl/α,β-unsaturated/α-hetero) is 1. The van der Waals surface area contributed by atoms with E-state index in [1.807, 2.05) is 70.2 Å². The van der Waals surface area contributed by atoms with Gasteiger partial charge >= 0.3 is 0 Å². The summed E-state index contributed by atoms with van der Waals surface area (Å²) < 4.78 is 6.33. The van der Waals surface area contributed by atoms with Crippen molar-refractivity contribution in [2.24, 2.45) is 0 Å². The number of carbonyl (C=O) groups excluding carboxylic acids is 1. The number of aryl methyl sites for hydroxylation is 1. The fraction of sp³-hybridized carbons (Fsp3) is 0.273. The third kappa shape index (κ3) is 6.14. The van der Waals surface area contributed by atoms with Crippen molar-refractivity contribution in [3.05, 3.63) is 100 Å². The first-order chi connectivity index (χ1) is 17.9. The number of rotatable bonds is 5. The standard InChI is InChI=1S/C33H32ClNO3/c1-21-19-25-8-7-23(13-16-33(6,37)26-14-17-35-18-15-26)20-28(25)30(24-9-11-27(34)12-10-24)29(21)31(22(2)36)38-32(3,4)5/h7-12,14-15,17-20,31,37H,1-6H3. The van der Waals surface area contributed by atoms with Gasteiger partial charge in [0.25, 0.3) is 0 Å². The van der Waals surface area contributed by atoms with Crippen LogP contribution in [0.2, 0.25) is 5.02 Å². The summed E-state index contributed by atoms with van der Waals surface area (Å²) in [6.45, 7) is 11.1. The lowest BCUT2D eigenvalue weighted by atomic mass is 9.85. The van der Waals surface area contributed by atoms with Crippen molar-refractivity contribution in [1.82, 2.24) is 4.98 Å². The maximum atomic E-state index is 13.0. The first-order valence-corrected chi connectivity index (χ1v) is 12.9. The highest BCUT2D eigenvalue weighted by Crippen LogP contribution is 2.41. The van der Waals surface area contributed by atoms with Gasteiger partial charge in [0.1, 0.15) is 11.7 Å². The number of nitrogens with zero attached hydrogens (tertiary/aromatic N) is 1. The van der Waals surface area contributed by atoms with Crippen LogP contribution in [0.4, 0.5) is 0 Å². The predicted molar refractivity (Wildman–Crippen MR) is 154 cm³/mol. The molecule has 5 heteroatoms. The second-order valence-electron chi connectivity index (χ2n) is 10.7. The molecule has 194 valence electrons. The number of ether oxygens (including phenoxy) is 1. The summed E-state index contributed by atoms with van der Waals surface area (Å²) in [6, 6.07) is 19.2. The minimum Gasteiger partial charge on any atom is -0.374 e. The monoisotopic (exact) mass is 525 g/mol. The molecule has 1 heterocycles. The van der Waals surface area contributed by atoms with E-state index in [2.05, 4.69) is 22.9 Å².